The molecule has 3 aromatic rings. The quantitative estimate of drug-likeness (QED) is 0.311. The first kappa shape index (κ1) is 18.2. The third-order valence-corrected chi connectivity index (χ3v) is 3.91. The highest BCUT2D eigenvalue weighted by molar-refractivity contribution is 5.98. The predicted molar refractivity (Wildman–Crippen MR) is 105 cm³/mol. The van der Waals surface area contributed by atoms with Crippen molar-refractivity contribution in [1.82, 2.24) is 0 Å². The molecule has 0 heterocycles. The number of carbonyl (C=O) groups is 1. The number of benzene rings is 3. The Morgan fingerprint density at radius 3 is 2.19 bits per heavy atom. The van der Waals surface area contributed by atoms with Crippen molar-refractivity contribution in [2.24, 2.45) is 10.9 Å². The van der Waals surface area contributed by atoms with Gasteiger partial charge >= 0.3 is 5.97 Å². The first-order valence-electron chi connectivity index (χ1n) is 8.50. The number of hydrogen-bond donors (Lipinski definition) is 1. The van der Waals surface area contributed by atoms with Crippen LogP contribution in [0.2, 0.25) is 0 Å². The fourth-order valence-corrected chi connectivity index (χ4v) is 2.35. The minimum Gasteiger partial charge on any atom is -0.489 e. The number of nitrogens with two attached hydrogens (primary N) is 1. The van der Waals surface area contributed by atoms with Crippen LogP contribution in [-0.2, 0) is 11.4 Å². The Morgan fingerprint density at radius 2 is 1.52 bits per heavy atom. The second kappa shape index (κ2) is 8.67. The Labute approximate surface area is 158 Å². The summed E-state index contributed by atoms with van der Waals surface area (Å²) in [5.74, 6) is 0.276. The summed E-state index contributed by atoms with van der Waals surface area (Å²) in [6, 6.07) is 24.0. The van der Waals surface area contributed by atoms with E-state index in [4.69, 9.17) is 15.3 Å². The van der Waals surface area contributed by atoms with E-state index < -0.39 is 5.97 Å². The highest BCUT2D eigenvalue weighted by Crippen LogP contribution is 2.14. The van der Waals surface area contributed by atoms with Crippen LogP contribution in [0.3, 0.4) is 0 Å². The summed E-state index contributed by atoms with van der Waals surface area (Å²) in [5.41, 5.74) is 9.10. The molecule has 0 aliphatic carbocycles. The molecule has 27 heavy (non-hydrogen) atoms. The first-order valence-corrected chi connectivity index (χ1v) is 8.50. The molecule has 0 radical (unpaired) electrons. The molecule has 0 spiro atoms. The molecule has 0 bridgehead atoms. The molecule has 5 heteroatoms. The van der Waals surface area contributed by atoms with Crippen LogP contribution in [-0.4, -0.2) is 11.8 Å². The first-order chi connectivity index (χ1) is 13.1. The van der Waals surface area contributed by atoms with Crippen LogP contribution in [0.1, 0.15) is 27.0 Å². The molecule has 0 aromatic heterocycles. The van der Waals surface area contributed by atoms with E-state index in [1.54, 1.807) is 36.4 Å². The Hall–Kier alpha value is -3.60. The summed E-state index contributed by atoms with van der Waals surface area (Å²) in [6.07, 6.45) is 0. The van der Waals surface area contributed by atoms with E-state index >= 15 is 0 Å². The van der Waals surface area contributed by atoms with Gasteiger partial charge in [-0.1, -0.05) is 53.2 Å². The summed E-state index contributed by atoms with van der Waals surface area (Å²) in [4.78, 5) is 16.9. The molecule has 0 aliphatic rings. The van der Waals surface area contributed by atoms with Gasteiger partial charge < -0.3 is 15.3 Å². The number of ether oxygens (including phenoxy) is 1. The van der Waals surface area contributed by atoms with Crippen LogP contribution in [0.15, 0.2) is 84.0 Å². The van der Waals surface area contributed by atoms with E-state index in [1.807, 2.05) is 49.4 Å². The number of rotatable bonds is 6. The van der Waals surface area contributed by atoms with Crippen molar-refractivity contribution in [3.05, 3.63) is 101 Å². The van der Waals surface area contributed by atoms with Gasteiger partial charge in [0.05, 0.1) is 5.56 Å². The Balaban J connectivity index is 1.57. The number of aryl methyl sites for hydroxylation is 1. The lowest BCUT2D eigenvalue weighted by atomic mass is 10.2. The predicted octanol–water partition coefficient (Wildman–Crippen LogP) is 4.05. The van der Waals surface area contributed by atoms with E-state index in [2.05, 4.69) is 5.16 Å². The Kier molecular flexibility index (Phi) is 5.84. The molecule has 0 fully saturated rings. The van der Waals surface area contributed by atoms with Crippen molar-refractivity contribution in [3.8, 4) is 5.75 Å². The van der Waals surface area contributed by atoms with E-state index in [0.29, 0.717) is 23.5 Å². The zero-order valence-electron chi connectivity index (χ0n) is 15.0. The van der Waals surface area contributed by atoms with Gasteiger partial charge in [0.25, 0.3) is 0 Å². The van der Waals surface area contributed by atoms with Crippen molar-refractivity contribution >= 4 is 11.8 Å². The molecule has 0 unspecified atom stereocenters. The van der Waals surface area contributed by atoms with Gasteiger partial charge in [-0.3, -0.25) is 0 Å². The summed E-state index contributed by atoms with van der Waals surface area (Å²) in [6.45, 7) is 2.43. The van der Waals surface area contributed by atoms with Crippen LogP contribution in [0, 0.1) is 6.92 Å². The van der Waals surface area contributed by atoms with Crippen LogP contribution in [0.4, 0.5) is 0 Å². The van der Waals surface area contributed by atoms with Crippen LogP contribution in [0.5, 0.6) is 5.75 Å². The van der Waals surface area contributed by atoms with Gasteiger partial charge in [-0.2, -0.15) is 0 Å². The maximum atomic E-state index is 12.0. The van der Waals surface area contributed by atoms with Crippen molar-refractivity contribution < 1.29 is 14.4 Å². The molecule has 136 valence electrons. The average molecular weight is 360 g/mol. The van der Waals surface area contributed by atoms with Crippen molar-refractivity contribution in [1.29, 1.82) is 0 Å². The summed E-state index contributed by atoms with van der Waals surface area (Å²) in [7, 11) is 0. The molecule has 0 amide bonds. The highest BCUT2D eigenvalue weighted by Gasteiger charge is 2.08. The number of hydrogen-bond acceptors (Lipinski definition) is 4. The monoisotopic (exact) mass is 360 g/mol. The lowest BCUT2D eigenvalue weighted by molar-refractivity contribution is 0.0516. The molecule has 2 N–H and O–H groups in total. The highest BCUT2D eigenvalue weighted by atomic mass is 16.7. The molecule has 0 atom stereocenters. The van der Waals surface area contributed by atoms with Crippen molar-refractivity contribution in [2.45, 2.75) is 13.5 Å². The molecule has 5 nitrogen and oxygen atoms in total. The zero-order chi connectivity index (χ0) is 19.1. The van der Waals surface area contributed by atoms with E-state index in [9.17, 15) is 4.79 Å². The van der Waals surface area contributed by atoms with Gasteiger partial charge in [-0.25, -0.2) is 4.79 Å². The van der Waals surface area contributed by atoms with Crippen molar-refractivity contribution in [3.63, 3.8) is 0 Å². The van der Waals surface area contributed by atoms with Gasteiger partial charge in [-0.05, 0) is 48.9 Å². The zero-order valence-corrected chi connectivity index (χ0v) is 15.0. The Morgan fingerprint density at radius 1 is 0.889 bits per heavy atom. The number of nitrogens with zero attached hydrogens (tertiary/aromatic N) is 1. The minimum atomic E-state index is -0.555. The van der Waals surface area contributed by atoms with E-state index in [-0.39, 0.29) is 5.84 Å². The topological polar surface area (TPSA) is 73.9 Å². The van der Waals surface area contributed by atoms with Crippen LogP contribution in [0.25, 0.3) is 0 Å². The summed E-state index contributed by atoms with van der Waals surface area (Å²) >= 11 is 0. The standard InChI is InChI=1S/C22H20N2O3/c1-16-7-9-19(10-8-16)22(25)27-24-21(23)18-11-13-20(14-12-18)26-15-17-5-3-2-4-6-17/h2-14H,15H2,1H3,(H2,23,24). The maximum Gasteiger partial charge on any atom is 0.365 e. The molecule has 0 saturated carbocycles. The van der Waals surface area contributed by atoms with Gasteiger partial charge in [0.1, 0.15) is 12.4 Å². The lowest BCUT2D eigenvalue weighted by Crippen LogP contribution is -2.15. The van der Waals surface area contributed by atoms with Gasteiger partial charge in [0.2, 0.25) is 0 Å². The minimum absolute atomic E-state index is 0.116. The fourth-order valence-electron chi connectivity index (χ4n) is 2.35. The largest absolute Gasteiger partial charge is 0.489 e. The number of oxime groups is 1. The van der Waals surface area contributed by atoms with Crippen LogP contribution >= 0.6 is 0 Å². The number of amidine groups is 1. The normalized spacial score (nSPS) is 11.1. The lowest BCUT2D eigenvalue weighted by Gasteiger charge is -2.07. The van der Waals surface area contributed by atoms with E-state index in [0.717, 1.165) is 11.1 Å². The van der Waals surface area contributed by atoms with Crippen LogP contribution < -0.4 is 10.5 Å². The van der Waals surface area contributed by atoms with Gasteiger partial charge in [0, 0.05) is 5.56 Å². The smallest absolute Gasteiger partial charge is 0.365 e. The van der Waals surface area contributed by atoms with E-state index in [1.165, 1.54) is 0 Å². The molecular weight excluding hydrogens is 340 g/mol. The molecule has 0 saturated heterocycles. The van der Waals surface area contributed by atoms with Gasteiger partial charge in [0.15, 0.2) is 5.84 Å². The third kappa shape index (κ3) is 5.19. The third-order valence-electron chi connectivity index (χ3n) is 3.91. The molecular formula is C22H20N2O3. The summed E-state index contributed by atoms with van der Waals surface area (Å²) < 4.78 is 5.73. The SMILES string of the molecule is Cc1ccc(C(=O)O/N=C(\N)c2ccc(OCc3ccccc3)cc2)cc1. The Bertz CT molecular complexity index is 918. The second-order valence-electron chi connectivity index (χ2n) is 6.02. The molecule has 3 rings (SSSR count). The number of carbonyl (C=O) groups excluding carboxylic acids is 1. The maximum absolute atomic E-state index is 12.0. The molecule has 0 aliphatic heterocycles. The van der Waals surface area contributed by atoms with Gasteiger partial charge in [-0.15, -0.1) is 0 Å². The fraction of sp³-hybridized carbons (Fsp3) is 0.0909. The second-order valence-corrected chi connectivity index (χ2v) is 6.02. The average Bonchev–Trinajstić information content (AvgIpc) is 2.72. The summed E-state index contributed by atoms with van der Waals surface area (Å²) in [5, 5.41) is 3.72. The molecule has 3 aromatic carbocycles. The van der Waals surface area contributed by atoms with Crippen molar-refractivity contribution in [2.75, 3.05) is 0 Å².